The summed E-state index contributed by atoms with van der Waals surface area (Å²) in [4.78, 5) is 34.5. The highest BCUT2D eigenvalue weighted by molar-refractivity contribution is 7.99. The number of hydrogen-bond donors (Lipinski definition) is 1. The third-order valence-corrected chi connectivity index (χ3v) is 5.85. The van der Waals surface area contributed by atoms with E-state index >= 15 is 0 Å². The lowest BCUT2D eigenvalue weighted by Crippen LogP contribution is -2.24. The normalized spacial score (nSPS) is 11.4. The Morgan fingerprint density at radius 1 is 1.12 bits per heavy atom. The SMILES string of the molecule is CCOc1ccc(-n2c(SCC(=O)NN=C(C)c3cccnc3)nc3ccccc3c2=O)cc1. The highest BCUT2D eigenvalue weighted by Gasteiger charge is 2.15. The number of rotatable bonds is 8. The molecule has 0 unspecified atom stereocenters. The van der Waals surface area contributed by atoms with Gasteiger partial charge in [0.15, 0.2) is 5.16 Å². The number of hydrazone groups is 1. The number of carbonyl (C=O) groups excluding carboxylic acids is 1. The summed E-state index contributed by atoms with van der Waals surface area (Å²) < 4.78 is 7.02. The molecule has 4 rings (SSSR count). The highest BCUT2D eigenvalue weighted by Crippen LogP contribution is 2.23. The van der Waals surface area contributed by atoms with Crippen molar-refractivity contribution in [3.05, 3.63) is 89.0 Å². The van der Waals surface area contributed by atoms with E-state index in [0.29, 0.717) is 39.8 Å². The van der Waals surface area contributed by atoms with Gasteiger partial charge in [-0.15, -0.1) is 0 Å². The fourth-order valence-corrected chi connectivity index (χ4v) is 4.05. The molecule has 1 amide bonds. The lowest BCUT2D eigenvalue weighted by atomic mass is 10.2. The lowest BCUT2D eigenvalue weighted by molar-refractivity contribution is -0.118. The van der Waals surface area contributed by atoms with E-state index in [0.717, 1.165) is 5.56 Å². The van der Waals surface area contributed by atoms with Crippen molar-refractivity contribution in [2.24, 2.45) is 5.10 Å². The largest absolute Gasteiger partial charge is 0.494 e. The maximum Gasteiger partial charge on any atom is 0.266 e. The van der Waals surface area contributed by atoms with Gasteiger partial charge in [0, 0.05) is 18.0 Å². The van der Waals surface area contributed by atoms with Crippen LogP contribution in [0, 0.1) is 0 Å². The zero-order valence-electron chi connectivity index (χ0n) is 18.8. The van der Waals surface area contributed by atoms with Crippen LogP contribution in [0.25, 0.3) is 16.6 Å². The van der Waals surface area contributed by atoms with Crippen molar-refractivity contribution >= 4 is 34.3 Å². The number of fused-ring (bicyclic) bond motifs is 1. The number of carbonyl (C=O) groups is 1. The number of aromatic nitrogens is 3. The van der Waals surface area contributed by atoms with Gasteiger partial charge in [0.1, 0.15) is 5.75 Å². The van der Waals surface area contributed by atoms with Gasteiger partial charge in [-0.1, -0.05) is 30.0 Å². The average Bonchev–Trinajstić information content (AvgIpc) is 2.87. The molecule has 4 aromatic rings. The van der Waals surface area contributed by atoms with Gasteiger partial charge in [-0.2, -0.15) is 5.10 Å². The van der Waals surface area contributed by atoms with Crippen LogP contribution in [-0.4, -0.2) is 38.5 Å². The van der Waals surface area contributed by atoms with E-state index in [1.807, 2.05) is 19.1 Å². The van der Waals surface area contributed by atoms with Gasteiger partial charge in [-0.05, 0) is 56.3 Å². The molecule has 0 aliphatic heterocycles. The first-order valence-electron chi connectivity index (χ1n) is 10.7. The molecule has 2 heterocycles. The predicted octanol–water partition coefficient (Wildman–Crippen LogP) is 3.81. The van der Waals surface area contributed by atoms with Crippen LogP contribution < -0.4 is 15.7 Å². The highest BCUT2D eigenvalue weighted by atomic mass is 32.2. The fraction of sp³-hybridized carbons (Fsp3) is 0.160. The summed E-state index contributed by atoms with van der Waals surface area (Å²) in [5.41, 5.74) is 5.01. The summed E-state index contributed by atoms with van der Waals surface area (Å²) in [7, 11) is 0. The predicted molar refractivity (Wildman–Crippen MR) is 134 cm³/mol. The smallest absolute Gasteiger partial charge is 0.266 e. The van der Waals surface area contributed by atoms with Crippen LogP contribution in [-0.2, 0) is 4.79 Å². The van der Waals surface area contributed by atoms with Gasteiger partial charge in [0.2, 0.25) is 0 Å². The third-order valence-electron chi connectivity index (χ3n) is 4.91. The number of para-hydroxylation sites is 1. The maximum absolute atomic E-state index is 13.3. The van der Waals surface area contributed by atoms with E-state index in [2.05, 4.69) is 20.5 Å². The number of benzene rings is 2. The summed E-state index contributed by atoms with van der Waals surface area (Å²) in [5, 5.41) is 5.06. The molecule has 2 aromatic heterocycles. The molecule has 0 aliphatic carbocycles. The minimum absolute atomic E-state index is 0.0334. The molecule has 8 nitrogen and oxygen atoms in total. The molecule has 0 aliphatic rings. The minimum Gasteiger partial charge on any atom is -0.494 e. The van der Waals surface area contributed by atoms with Crippen LogP contribution >= 0.6 is 11.8 Å². The molecule has 0 radical (unpaired) electrons. The van der Waals surface area contributed by atoms with Gasteiger partial charge in [-0.25, -0.2) is 10.4 Å². The Balaban J connectivity index is 1.59. The quantitative estimate of drug-likeness (QED) is 0.181. The van der Waals surface area contributed by atoms with Gasteiger partial charge in [0.05, 0.1) is 34.7 Å². The summed E-state index contributed by atoms with van der Waals surface area (Å²) >= 11 is 1.17. The molecular weight excluding hydrogens is 450 g/mol. The fourth-order valence-electron chi connectivity index (χ4n) is 3.24. The molecule has 2 aromatic carbocycles. The molecule has 0 bridgehead atoms. The van der Waals surface area contributed by atoms with Gasteiger partial charge < -0.3 is 4.74 Å². The number of ether oxygens (including phenoxy) is 1. The van der Waals surface area contributed by atoms with E-state index in [4.69, 9.17) is 4.74 Å². The minimum atomic E-state index is -0.311. The second-order valence-electron chi connectivity index (χ2n) is 7.24. The van der Waals surface area contributed by atoms with Gasteiger partial charge in [-0.3, -0.25) is 19.1 Å². The van der Waals surface area contributed by atoms with Crippen LogP contribution in [0.3, 0.4) is 0 Å². The molecule has 0 saturated carbocycles. The first-order chi connectivity index (χ1) is 16.6. The molecular formula is C25H23N5O3S. The summed E-state index contributed by atoms with van der Waals surface area (Å²) in [6, 6.07) is 18.0. The van der Waals surface area contributed by atoms with Crippen LogP contribution in [0.1, 0.15) is 19.4 Å². The number of nitrogens with zero attached hydrogens (tertiary/aromatic N) is 4. The molecule has 0 fully saturated rings. The second kappa shape index (κ2) is 10.8. The van der Waals surface area contributed by atoms with Crippen molar-refractivity contribution in [3.8, 4) is 11.4 Å². The molecule has 1 N–H and O–H groups in total. The van der Waals surface area contributed by atoms with E-state index < -0.39 is 0 Å². The molecule has 0 spiro atoms. The van der Waals surface area contributed by atoms with Crippen molar-refractivity contribution in [2.75, 3.05) is 12.4 Å². The topological polar surface area (TPSA) is 98.5 Å². The van der Waals surface area contributed by atoms with E-state index in [1.165, 1.54) is 16.3 Å². The Kier molecular flexibility index (Phi) is 7.34. The van der Waals surface area contributed by atoms with Crippen molar-refractivity contribution < 1.29 is 9.53 Å². The Labute approximate surface area is 200 Å². The first-order valence-corrected chi connectivity index (χ1v) is 11.7. The third kappa shape index (κ3) is 5.32. The average molecular weight is 474 g/mol. The number of amides is 1. The van der Waals surface area contributed by atoms with Crippen LogP contribution in [0.4, 0.5) is 0 Å². The second-order valence-corrected chi connectivity index (χ2v) is 8.18. The van der Waals surface area contributed by atoms with Crippen LogP contribution in [0.5, 0.6) is 5.75 Å². The molecule has 0 saturated heterocycles. The van der Waals surface area contributed by atoms with Gasteiger partial charge in [0.25, 0.3) is 11.5 Å². The summed E-state index contributed by atoms with van der Waals surface area (Å²) in [6.07, 6.45) is 3.35. The Bertz CT molecular complexity index is 1390. The van der Waals surface area contributed by atoms with E-state index in [1.54, 1.807) is 67.8 Å². The Morgan fingerprint density at radius 3 is 2.65 bits per heavy atom. The van der Waals surface area contributed by atoms with E-state index in [9.17, 15) is 9.59 Å². The van der Waals surface area contributed by atoms with Crippen molar-refractivity contribution in [3.63, 3.8) is 0 Å². The van der Waals surface area contributed by atoms with Crippen molar-refractivity contribution in [2.45, 2.75) is 19.0 Å². The van der Waals surface area contributed by atoms with Crippen LogP contribution in [0.15, 0.2) is 88.1 Å². The standard InChI is InChI=1S/C25H23N5O3S/c1-3-33-20-12-10-19(11-13-20)30-24(32)21-8-4-5-9-22(21)27-25(30)34-16-23(31)29-28-17(2)18-7-6-14-26-15-18/h4-15H,3,16H2,1-2H3,(H,29,31). The number of hydrogen-bond acceptors (Lipinski definition) is 7. The van der Waals surface area contributed by atoms with Crippen LogP contribution in [0.2, 0.25) is 0 Å². The molecule has 0 atom stereocenters. The monoisotopic (exact) mass is 473 g/mol. The van der Waals surface area contributed by atoms with Crippen molar-refractivity contribution in [1.82, 2.24) is 20.0 Å². The number of thioether (sulfide) groups is 1. The number of nitrogens with one attached hydrogen (secondary N) is 1. The summed E-state index contributed by atoms with van der Waals surface area (Å²) in [5.74, 6) is 0.434. The molecule has 172 valence electrons. The maximum atomic E-state index is 13.3. The number of pyridine rings is 1. The zero-order chi connectivity index (χ0) is 23.9. The lowest BCUT2D eigenvalue weighted by Gasteiger charge is -2.13. The summed E-state index contributed by atoms with van der Waals surface area (Å²) in [6.45, 7) is 4.25. The Hall–Kier alpha value is -3.98. The van der Waals surface area contributed by atoms with Crippen molar-refractivity contribution in [1.29, 1.82) is 0 Å². The molecule has 34 heavy (non-hydrogen) atoms. The van der Waals surface area contributed by atoms with E-state index in [-0.39, 0.29) is 17.2 Å². The first kappa shape index (κ1) is 23.2. The molecule has 9 heteroatoms. The Morgan fingerprint density at radius 2 is 1.91 bits per heavy atom. The van der Waals surface area contributed by atoms with Gasteiger partial charge >= 0.3 is 0 Å². The zero-order valence-corrected chi connectivity index (χ0v) is 19.6.